The molecule has 27 heavy (non-hydrogen) atoms. The van der Waals surface area contributed by atoms with Crippen LogP contribution in [0.25, 0.3) is 10.2 Å². The van der Waals surface area contributed by atoms with E-state index in [9.17, 15) is 13.2 Å². The standard InChI is InChI=1S/C17H17N5O3S2/c1-4-8-21-13-7-6-12(27(18,24)25)10-15(13)26-17(21)19-16(23)14-9-11(3)20-22(14)5-2/h1,6-7,9-10H,5,8H2,2-3H3,(H2,18,24,25). The number of carbonyl (C=O) groups is 1. The highest BCUT2D eigenvalue weighted by molar-refractivity contribution is 7.89. The maximum absolute atomic E-state index is 12.7. The van der Waals surface area contributed by atoms with Gasteiger partial charge in [0, 0.05) is 6.54 Å². The normalized spacial score (nSPS) is 12.4. The molecule has 2 N–H and O–H groups in total. The summed E-state index contributed by atoms with van der Waals surface area (Å²) in [6, 6.07) is 6.13. The van der Waals surface area contributed by atoms with Crippen LogP contribution < -0.4 is 9.94 Å². The van der Waals surface area contributed by atoms with Crippen LogP contribution in [0.4, 0.5) is 0 Å². The van der Waals surface area contributed by atoms with Gasteiger partial charge in [-0.2, -0.15) is 10.1 Å². The van der Waals surface area contributed by atoms with Gasteiger partial charge in [-0.15, -0.1) is 6.42 Å². The molecule has 0 aliphatic carbocycles. The highest BCUT2D eigenvalue weighted by Gasteiger charge is 2.15. The molecule has 0 fully saturated rings. The first kappa shape index (κ1) is 19.0. The average Bonchev–Trinajstić information content (AvgIpc) is 3.14. The second kappa shape index (κ2) is 7.11. The summed E-state index contributed by atoms with van der Waals surface area (Å²) in [6.07, 6.45) is 5.45. The number of amides is 1. The molecular formula is C17H17N5O3S2. The van der Waals surface area contributed by atoms with Crippen molar-refractivity contribution in [3.8, 4) is 12.3 Å². The zero-order valence-corrected chi connectivity index (χ0v) is 16.3. The molecule has 0 atom stereocenters. The molecule has 0 saturated carbocycles. The first-order chi connectivity index (χ1) is 12.7. The Labute approximate surface area is 160 Å². The number of hydrogen-bond donors (Lipinski definition) is 1. The molecule has 3 rings (SSSR count). The van der Waals surface area contributed by atoms with Gasteiger partial charge in [0.15, 0.2) is 4.80 Å². The number of hydrogen-bond acceptors (Lipinski definition) is 5. The predicted octanol–water partition coefficient (Wildman–Crippen LogP) is 1.25. The fourth-order valence-electron chi connectivity index (χ4n) is 2.66. The van der Waals surface area contributed by atoms with Gasteiger partial charge in [0.1, 0.15) is 5.69 Å². The summed E-state index contributed by atoms with van der Waals surface area (Å²) >= 11 is 1.17. The van der Waals surface area contributed by atoms with Crippen molar-refractivity contribution in [3.05, 3.63) is 40.5 Å². The van der Waals surface area contributed by atoms with Gasteiger partial charge in [0.25, 0.3) is 5.91 Å². The van der Waals surface area contributed by atoms with Crippen LogP contribution in [0, 0.1) is 19.3 Å². The molecule has 10 heteroatoms. The van der Waals surface area contributed by atoms with Crippen LogP contribution >= 0.6 is 11.3 Å². The molecule has 8 nitrogen and oxygen atoms in total. The first-order valence-corrected chi connectivity index (χ1v) is 10.3. The molecule has 0 unspecified atom stereocenters. The summed E-state index contributed by atoms with van der Waals surface area (Å²) in [5, 5.41) is 9.44. The Bertz CT molecular complexity index is 1260. The van der Waals surface area contributed by atoms with E-state index in [1.165, 1.54) is 23.5 Å². The summed E-state index contributed by atoms with van der Waals surface area (Å²) in [5.74, 6) is 2.08. The molecule has 1 amide bonds. The van der Waals surface area contributed by atoms with Crippen molar-refractivity contribution in [3.63, 3.8) is 0 Å². The molecule has 0 saturated heterocycles. The number of sulfonamides is 1. The maximum atomic E-state index is 12.7. The number of nitrogens with two attached hydrogens (primary N) is 1. The molecule has 3 aromatic rings. The Kier molecular flexibility index (Phi) is 5.01. The van der Waals surface area contributed by atoms with Crippen molar-refractivity contribution in [2.24, 2.45) is 10.1 Å². The number of primary sulfonamides is 1. The minimum Gasteiger partial charge on any atom is -0.305 e. The SMILES string of the molecule is C#CCn1c(=NC(=O)c2cc(C)nn2CC)sc2cc(S(N)(=O)=O)ccc21. The van der Waals surface area contributed by atoms with Gasteiger partial charge in [0.2, 0.25) is 10.0 Å². The van der Waals surface area contributed by atoms with E-state index in [1.807, 2.05) is 6.92 Å². The number of thiazole rings is 1. The van der Waals surface area contributed by atoms with Crippen molar-refractivity contribution >= 4 is 37.5 Å². The van der Waals surface area contributed by atoms with Crippen molar-refractivity contribution < 1.29 is 13.2 Å². The zero-order valence-electron chi connectivity index (χ0n) is 14.7. The topological polar surface area (TPSA) is 112 Å². The van der Waals surface area contributed by atoms with Gasteiger partial charge in [-0.05, 0) is 38.1 Å². The number of terminal acetylenes is 1. The van der Waals surface area contributed by atoms with E-state index in [0.717, 1.165) is 5.69 Å². The molecular weight excluding hydrogens is 386 g/mol. The Hall–Kier alpha value is -2.74. The molecule has 0 spiro atoms. The van der Waals surface area contributed by atoms with Crippen molar-refractivity contribution in [2.75, 3.05) is 0 Å². The van der Waals surface area contributed by atoms with E-state index < -0.39 is 15.9 Å². The van der Waals surface area contributed by atoms with E-state index in [-0.39, 0.29) is 11.4 Å². The summed E-state index contributed by atoms with van der Waals surface area (Å²) in [7, 11) is -3.83. The number of rotatable bonds is 4. The Morgan fingerprint density at radius 3 is 2.78 bits per heavy atom. The molecule has 0 aliphatic rings. The van der Waals surface area contributed by atoms with Crippen LogP contribution in [-0.2, 0) is 23.1 Å². The smallest absolute Gasteiger partial charge is 0.297 e. The molecule has 2 heterocycles. The number of nitrogens with zero attached hydrogens (tertiary/aromatic N) is 4. The van der Waals surface area contributed by atoms with Crippen LogP contribution in [0.15, 0.2) is 34.2 Å². The highest BCUT2D eigenvalue weighted by Crippen LogP contribution is 2.21. The summed E-state index contributed by atoms with van der Waals surface area (Å²) in [5.41, 5.74) is 1.78. The highest BCUT2D eigenvalue weighted by atomic mass is 32.2. The van der Waals surface area contributed by atoms with Crippen molar-refractivity contribution in [1.82, 2.24) is 14.3 Å². The third-order valence-corrected chi connectivity index (χ3v) is 5.80. The lowest BCUT2D eigenvalue weighted by Crippen LogP contribution is -2.18. The lowest BCUT2D eigenvalue weighted by Gasteiger charge is -2.02. The van der Waals surface area contributed by atoms with Gasteiger partial charge >= 0.3 is 0 Å². The zero-order chi connectivity index (χ0) is 19.8. The van der Waals surface area contributed by atoms with E-state index in [1.54, 1.807) is 28.3 Å². The minimum absolute atomic E-state index is 0.0123. The fourth-order valence-corrected chi connectivity index (χ4v) is 4.34. The average molecular weight is 403 g/mol. The number of aryl methyl sites for hydroxylation is 2. The van der Waals surface area contributed by atoms with Crippen molar-refractivity contribution in [1.29, 1.82) is 0 Å². The third-order valence-electron chi connectivity index (χ3n) is 3.85. The molecule has 1 aromatic carbocycles. The van der Waals surface area contributed by atoms with Gasteiger partial charge in [-0.1, -0.05) is 17.3 Å². The lowest BCUT2D eigenvalue weighted by molar-refractivity contribution is 0.0987. The summed E-state index contributed by atoms with van der Waals surface area (Å²) in [6.45, 7) is 4.41. The molecule has 0 bridgehead atoms. The Balaban J connectivity index is 2.20. The summed E-state index contributed by atoms with van der Waals surface area (Å²) in [4.78, 5) is 17.2. The number of fused-ring (bicyclic) bond motifs is 1. The minimum atomic E-state index is -3.83. The maximum Gasteiger partial charge on any atom is 0.297 e. The first-order valence-electron chi connectivity index (χ1n) is 7.97. The van der Waals surface area contributed by atoms with Gasteiger partial charge < -0.3 is 4.57 Å². The van der Waals surface area contributed by atoms with E-state index in [2.05, 4.69) is 16.0 Å². The van der Waals surface area contributed by atoms with Crippen LogP contribution in [0.3, 0.4) is 0 Å². The number of aromatic nitrogens is 3. The van der Waals surface area contributed by atoms with Crippen LogP contribution in [-0.4, -0.2) is 28.7 Å². The molecule has 140 valence electrons. The molecule has 0 radical (unpaired) electrons. The van der Waals surface area contributed by atoms with Gasteiger partial charge in [-0.25, -0.2) is 13.6 Å². The largest absolute Gasteiger partial charge is 0.305 e. The number of carbonyl (C=O) groups excluding carboxylic acids is 1. The van der Waals surface area contributed by atoms with E-state index >= 15 is 0 Å². The van der Waals surface area contributed by atoms with E-state index in [4.69, 9.17) is 11.6 Å². The van der Waals surface area contributed by atoms with Gasteiger partial charge in [0.05, 0.1) is 27.4 Å². The molecule has 0 aliphatic heterocycles. The lowest BCUT2D eigenvalue weighted by atomic mass is 10.3. The Morgan fingerprint density at radius 1 is 1.41 bits per heavy atom. The quantitative estimate of drug-likeness (QED) is 0.661. The monoisotopic (exact) mass is 403 g/mol. The van der Waals surface area contributed by atoms with Crippen LogP contribution in [0.5, 0.6) is 0 Å². The van der Waals surface area contributed by atoms with Crippen LogP contribution in [0.2, 0.25) is 0 Å². The predicted molar refractivity (Wildman–Crippen MR) is 103 cm³/mol. The van der Waals surface area contributed by atoms with E-state index in [0.29, 0.717) is 27.3 Å². The van der Waals surface area contributed by atoms with Crippen LogP contribution in [0.1, 0.15) is 23.1 Å². The van der Waals surface area contributed by atoms with Crippen molar-refractivity contribution in [2.45, 2.75) is 31.8 Å². The second-order valence-electron chi connectivity index (χ2n) is 5.75. The third kappa shape index (κ3) is 3.71. The number of benzene rings is 1. The fraction of sp³-hybridized carbons (Fsp3) is 0.235. The molecule has 2 aromatic heterocycles. The summed E-state index contributed by atoms with van der Waals surface area (Å²) < 4.78 is 27.1. The van der Waals surface area contributed by atoms with Gasteiger partial charge in [-0.3, -0.25) is 9.48 Å². The Morgan fingerprint density at radius 2 is 2.15 bits per heavy atom. The second-order valence-corrected chi connectivity index (χ2v) is 8.32.